The highest BCUT2D eigenvalue weighted by Gasteiger charge is 2.63. The standard InChI is InChI=1S/C28H34N2O3/c31-26-21-13-20-14-28(15-21,16-25(20)26)27(32)29-22-7-4-12-30(17-22)23-8-10-24(11-9-23)33-18-19-5-2-1-3-6-19/h1-3,5-6,8-11,20-22,25-26,31H,4,7,12-18H2,(H,29,32)/t20?,21?,22-,25?,26?,28?/m0/s1. The summed E-state index contributed by atoms with van der Waals surface area (Å²) in [6.07, 6.45) is 5.84. The third kappa shape index (κ3) is 3.90. The maximum atomic E-state index is 13.4. The van der Waals surface area contributed by atoms with Crippen molar-refractivity contribution in [2.75, 3.05) is 18.0 Å². The molecule has 0 aromatic heterocycles. The van der Waals surface area contributed by atoms with Crippen LogP contribution in [0, 0.1) is 23.2 Å². The molecule has 2 aromatic carbocycles. The second-order valence-corrected chi connectivity index (χ2v) is 10.8. The summed E-state index contributed by atoms with van der Waals surface area (Å²) in [6, 6.07) is 18.7. The molecular weight excluding hydrogens is 412 g/mol. The van der Waals surface area contributed by atoms with Crippen LogP contribution in [0.4, 0.5) is 5.69 Å². The molecule has 174 valence electrons. The van der Waals surface area contributed by atoms with Gasteiger partial charge in [-0.2, -0.15) is 0 Å². The molecule has 5 aliphatic rings. The molecule has 6 atom stereocenters. The molecule has 1 saturated heterocycles. The summed E-state index contributed by atoms with van der Waals surface area (Å²) in [7, 11) is 0. The second kappa shape index (κ2) is 8.35. The third-order valence-electron chi connectivity index (χ3n) is 8.75. The zero-order chi connectivity index (χ0) is 22.4. The maximum Gasteiger partial charge on any atom is 0.226 e. The lowest BCUT2D eigenvalue weighted by Gasteiger charge is -2.41. The van der Waals surface area contributed by atoms with Gasteiger partial charge in [0.05, 0.1) is 11.5 Å². The van der Waals surface area contributed by atoms with Gasteiger partial charge in [-0.05, 0) is 86.1 Å². The Morgan fingerprint density at radius 2 is 1.85 bits per heavy atom. The number of carbonyl (C=O) groups excluding carboxylic acids is 1. The fourth-order valence-corrected chi connectivity index (χ4v) is 7.20. The minimum absolute atomic E-state index is 0.164. The summed E-state index contributed by atoms with van der Waals surface area (Å²) in [4.78, 5) is 15.7. The predicted molar refractivity (Wildman–Crippen MR) is 128 cm³/mol. The minimum atomic E-state index is -0.211. The molecule has 2 aromatic rings. The Kier molecular flexibility index (Phi) is 5.33. The smallest absolute Gasteiger partial charge is 0.226 e. The van der Waals surface area contributed by atoms with Crippen molar-refractivity contribution >= 4 is 11.6 Å². The number of carbonyl (C=O) groups is 1. The van der Waals surface area contributed by atoms with Crippen LogP contribution in [0.3, 0.4) is 0 Å². The molecule has 1 aliphatic heterocycles. The molecule has 4 aliphatic carbocycles. The van der Waals surface area contributed by atoms with Gasteiger partial charge < -0.3 is 20.1 Å². The zero-order valence-corrected chi connectivity index (χ0v) is 19.2. The van der Waals surface area contributed by atoms with Gasteiger partial charge in [0, 0.05) is 24.8 Å². The van der Waals surface area contributed by atoms with Crippen LogP contribution in [-0.4, -0.2) is 36.2 Å². The first-order chi connectivity index (χ1) is 16.1. The Morgan fingerprint density at radius 3 is 2.61 bits per heavy atom. The Bertz CT molecular complexity index is 990. The zero-order valence-electron chi connectivity index (χ0n) is 19.2. The van der Waals surface area contributed by atoms with Crippen molar-refractivity contribution in [1.29, 1.82) is 0 Å². The van der Waals surface area contributed by atoms with Crippen LogP contribution in [-0.2, 0) is 11.4 Å². The number of nitrogens with zero attached hydrogens (tertiary/aromatic N) is 1. The van der Waals surface area contributed by atoms with Crippen LogP contribution in [0.25, 0.3) is 0 Å². The van der Waals surface area contributed by atoms with Gasteiger partial charge in [0.2, 0.25) is 5.91 Å². The number of aliphatic hydroxyl groups excluding tert-OH is 1. The van der Waals surface area contributed by atoms with E-state index in [0.29, 0.717) is 24.4 Å². The van der Waals surface area contributed by atoms with Gasteiger partial charge in [-0.15, -0.1) is 0 Å². The highest BCUT2D eigenvalue weighted by atomic mass is 16.5. The van der Waals surface area contributed by atoms with Gasteiger partial charge in [0.15, 0.2) is 0 Å². The second-order valence-electron chi connectivity index (χ2n) is 10.8. The van der Waals surface area contributed by atoms with Gasteiger partial charge in [0.1, 0.15) is 12.4 Å². The fraction of sp³-hybridized carbons (Fsp3) is 0.536. The molecule has 33 heavy (non-hydrogen) atoms. The number of rotatable bonds is 6. The molecule has 5 heteroatoms. The highest BCUT2D eigenvalue weighted by molar-refractivity contribution is 5.84. The summed E-state index contributed by atoms with van der Waals surface area (Å²) >= 11 is 0. The van der Waals surface area contributed by atoms with E-state index in [-0.39, 0.29) is 23.5 Å². The van der Waals surface area contributed by atoms with Crippen molar-refractivity contribution in [3.63, 3.8) is 0 Å². The molecule has 2 N–H and O–H groups in total. The van der Waals surface area contributed by atoms with Crippen molar-refractivity contribution < 1.29 is 14.6 Å². The number of benzene rings is 2. The van der Waals surface area contributed by atoms with Crippen LogP contribution >= 0.6 is 0 Å². The Morgan fingerprint density at radius 1 is 1.06 bits per heavy atom. The van der Waals surface area contributed by atoms with E-state index in [1.54, 1.807) is 0 Å². The van der Waals surface area contributed by atoms with Crippen LogP contribution in [0.1, 0.15) is 44.1 Å². The molecule has 4 bridgehead atoms. The number of hydrogen-bond donors (Lipinski definition) is 2. The number of hydrogen-bond acceptors (Lipinski definition) is 4. The lowest BCUT2D eigenvalue weighted by atomic mass is 9.68. The number of anilines is 1. The van der Waals surface area contributed by atoms with Crippen molar-refractivity contribution in [2.45, 2.75) is 57.3 Å². The third-order valence-corrected chi connectivity index (χ3v) is 8.75. The quantitative estimate of drug-likeness (QED) is 0.700. The normalized spacial score (nSPS) is 34.5. The first kappa shape index (κ1) is 21.0. The predicted octanol–water partition coefficient (Wildman–Crippen LogP) is 4.15. The van der Waals surface area contributed by atoms with Gasteiger partial charge in [-0.1, -0.05) is 30.3 Å². The van der Waals surface area contributed by atoms with E-state index in [4.69, 9.17) is 4.74 Å². The van der Waals surface area contributed by atoms with E-state index < -0.39 is 0 Å². The molecule has 0 spiro atoms. The molecule has 5 fully saturated rings. The summed E-state index contributed by atoms with van der Waals surface area (Å²) in [5, 5.41) is 13.9. The van der Waals surface area contributed by atoms with E-state index in [1.807, 2.05) is 30.3 Å². The number of nitrogens with one attached hydrogen (secondary N) is 1. The summed E-state index contributed by atoms with van der Waals surface area (Å²) < 4.78 is 5.93. The lowest BCUT2D eigenvalue weighted by Crippen LogP contribution is -2.53. The van der Waals surface area contributed by atoms with Crippen LogP contribution in [0.2, 0.25) is 0 Å². The number of piperidine rings is 1. The first-order valence-electron chi connectivity index (χ1n) is 12.6. The van der Waals surface area contributed by atoms with E-state index in [2.05, 4.69) is 34.5 Å². The van der Waals surface area contributed by atoms with Gasteiger partial charge in [0.25, 0.3) is 0 Å². The van der Waals surface area contributed by atoms with Crippen molar-refractivity contribution in [3.8, 4) is 5.75 Å². The lowest BCUT2D eigenvalue weighted by molar-refractivity contribution is -0.136. The van der Waals surface area contributed by atoms with Gasteiger partial charge in [-0.3, -0.25) is 4.79 Å². The highest BCUT2D eigenvalue weighted by Crippen LogP contribution is 2.64. The monoisotopic (exact) mass is 446 g/mol. The fourth-order valence-electron chi connectivity index (χ4n) is 7.20. The summed E-state index contributed by atoms with van der Waals surface area (Å²) in [6.45, 7) is 2.43. The molecule has 1 amide bonds. The van der Waals surface area contributed by atoms with Crippen LogP contribution < -0.4 is 15.0 Å². The number of amides is 1. The molecule has 5 unspecified atom stereocenters. The first-order valence-corrected chi connectivity index (χ1v) is 12.6. The van der Waals surface area contributed by atoms with Crippen LogP contribution in [0.5, 0.6) is 5.75 Å². The average molecular weight is 447 g/mol. The Hall–Kier alpha value is -2.53. The van der Waals surface area contributed by atoms with Crippen molar-refractivity contribution in [3.05, 3.63) is 60.2 Å². The molecular formula is C28H34N2O3. The largest absolute Gasteiger partial charge is 0.489 e. The van der Waals surface area contributed by atoms with E-state index in [9.17, 15) is 9.90 Å². The molecule has 5 nitrogen and oxygen atoms in total. The molecule has 4 saturated carbocycles. The molecule has 1 heterocycles. The number of aliphatic hydroxyl groups is 1. The average Bonchev–Trinajstić information content (AvgIpc) is 3.25. The summed E-state index contributed by atoms with van der Waals surface area (Å²) in [5.41, 5.74) is 2.13. The summed E-state index contributed by atoms with van der Waals surface area (Å²) in [5.74, 6) is 2.40. The SMILES string of the molecule is O=C(N[C@H]1CCCN(c2ccc(OCc3ccccc3)cc2)C1)C12CC3CC(C1)C(C2)C3O. The van der Waals surface area contributed by atoms with Crippen LogP contribution in [0.15, 0.2) is 54.6 Å². The van der Waals surface area contributed by atoms with E-state index >= 15 is 0 Å². The molecule has 7 rings (SSSR count). The van der Waals surface area contributed by atoms with Crippen molar-refractivity contribution in [2.24, 2.45) is 23.2 Å². The Balaban J connectivity index is 1.05. The topological polar surface area (TPSA) is 61.8 Å². The number of ether oxygens (including phenoxy) is 1. The Labute approximate surface area is 196 Å². The maximum absolute atomic E-state index is 13.4. The van der Waals surface area contributed by atoms with E-state index in [1.165, 1.54) is 5.69 Å². The van der Waals surface area contributed by atoms with E-state index in [0.717, 1.165) is 62.9 Å². The van der Waals surface area contributed by atoms with Gasteiger partial charge >= 0.3 is 0 Å². The van der Waals surface area contributed by atoms with Crippen molar-refractivity contribution in [1.82, 2.24) is 5.32 Å². The molecule has 0 radical (unpaired) electrons. The minimum Gasteiger partial charge on any atom is -0.489 e. The van der Waals surface area contributed by atoms with Gasteiger partial charge in [-0.25, -0.2) is 0 Å².